The molecule has 0 aliphatic carbocycles. The van der Waals surface area contributed by atoms with Gasteiger partial charge >= 0.3 is 0 Å². The van der Waals surface area contributed by atoms with Crippen molar-refractivity contribution in [1.29, 1.82) is 0 Å². The van der Waals surface area contributed by atoms with Crippen molar-refractivity contribution in [2.75, 3.05) is 30.8 Å². The van der Waals surface area contributed by atoms with Crippen molar-refractivity contribution < 1.29 is 22.7 Å². The molecule has 0 spiro atoms. The Hall–Kier alpha value is -2.78. The summed E-state index contributed by atoms with van der Waals surface area (Å²) in [5.41, 5.74) is 1.10. The van der Waals surface area contributed by atoms with Gasteiger partial charge < -0.3 is 15.0 Å². The second-order valence-electron chi connectivity index (χ2n) is 8.68. The maximum atomic E-state index is 13.6. The fourth-order valence-corrected chi connectivity index (χ4v) is 4.47. The summed E-state index contributed by atoms with van der Waals surface area (Å²) < 4.78 is 31.4. The zero-order valence-corrected chi connectivity index (χ0v) is 22.4. The van der Waals surface area contributed by atoms with E-state index in [0.29, 0.717) is 29.4 Å². The van der Waals surface area contributed by atoms with Gasteiger partial charge in [0.2, 0.25) is 21.8 Å². The number of nitrogens with zero attached hydrogens (tertiary/aromatic N) is 2. The Kier molecular flexibility index (Phi) is 10.4. The molecule has 2 rings (SSSR count). The normalized spacial score (nSPS) is 12.2. The van der Waals surface area contributed by atoms with Crippen molar-refractivity contribution in [3.63, 3.8) is 0 Å². The van der Waals surface area contributed by atoms with Crippen LogP contribution in [0.1, 0.15) is 32.8 Å². The van der Waals surface area contributed by atoms with E-state index in [2.05, 4.69) is 5.32 Å². The molecule has 0 aromatic heterocycles. The highest BCUT2D eigenvalue weighted by Crippen LogP contribution is 2.23. The molecule has 2 aromatic rings. The molecule has 0 unspecified atom stereocenters. The van der Waals surface area contributed by atoms with Crippen LogP contribution in [0.25, 0.3) is 0 Å². The van der Waals surface area contributed by atoms with E-state index in [-0.39, 0.29) is 18.4 Å². The number of hydrogen-bond acceptors (Lipinski definition) is 5. The van der Waals surface area contributed by atoms with Crippen molar-refractivity contribution in [3.8, 4) is 5.75 Å². The standard InChI is InChI=1S/C25H34ClN3O5S/c1-6-23(25(31)27-15-18(2)3)28(16-19-7-9-20(26)10-8-19)24(30)17-29(35(5,32)33)21-11-13-22(34-4)14-12-21/h7-14,18,23H,6,15-17H2,1-5H3,(H,27,31)/t23-/m1/s1. The van der Waals surface area contributed by atoms with E-state index >= 15 is 0 Å². The molecule has 0 saturated heterocycles. The predicted octanol–water partition coefficient (Wildman–Crippen LogP) is 3.69. The highest BCUT2D eigenvalue weighted by atomic mass is 35.5. The number of benzene rings is 2. The Balaban J connectivity index is 2.40. The quantitative estimate of drug-likeness (QED) is 0.457. The molecule has 10 heteroatoms. The molecule has 1 N–H and O–H groups in total. The third-order valence-electron chi connectivity index (χ3n) is 5.38. The molecule has 0 saturated carbocycles. The number of halogens is 1. The van der Waals surface area contributed by atoms with E-state index in [1.54, 1.807) is 48.5 Å². The van der Waals surface area contributed by atoms with Crippen LogP contribution in [0.5, 0.6) is 5.75 Å². The minimum atomic E-state index is -3.79. The predicted molar refractivity (Wildman–Crippen MR) is 139 cm³/mol. The first-order valence-corrected chi connectivity index (χ1v) is 13.6. The first-order chi connectivity index (χ1) is 16.5. The van der Waals surface area contributed by atoms with Gasteiger partial charge in [0.15, 0.2) is 0 Å². The molecule has 0 radical (unpaired) electrons. The van der Waals surface area contributed by atoms with E-state index in [4.69, 9.17) is 16.3 Å². The van der Waals surface area contributed by atoms with Gasteiger partial charge in [-0.2, -0.15) is 0 Å². The average molecular weight is 524 g/mol. The van der Waals surface area contributed by atoms with Gasteiger partial charge in [0, 0.05) is 18.1 Å². The number of sulfonamides is 1. The van der Waals surface area contributed by atoms with Crippen LogP contribution in [-0.2, 0) is 26.2 Å². The lowest BCUT2D eigenvalue weighted by Gasteiger charge is -2.33. The summed E-state index contributed by atoms with van der Waals surface area (Å²) in [4.78, 5) is 28.1. The van der Waals surface area contributed by atoms with Crippen LogP contribution >= 0.6 is 11.6 Å². The molecule has 2 aromatic carbocycles. The van der Waals surface area contributed by atoms with Crippen LogP contribution in [-0.4, -0.2) is 57.6 Å². The maximum absolute atomic E-state index is 13.6. The van der Waals surface area contributed by atoms with Gasteiger partial charge in [-0.15, -0.1) is 0 Å². The summed E-state index contributed by atoms with van der Waals surface area (Å²) in [7, 11) is -2.28. The molecule has 0 heterocycles. The van der Waals surface area contributed by atoms with Crippen molar-refractivity contribution >= 4 is 39.1 Å². The van der Waals surface area contributed by atoms with Gasteiger partial charge in [0.05, 0.1) is 19.1 Å². The first kappa shape index (κ1) is 28.5. The van der Waals surface area contributed by atoms with Gasteiger partial charge in [-0.25, -0.2) is 8.42 Å². The number of methoxy groups -OCH3 is 1. The molecule has 1 atom stereocenters. The van der Waals surface area contributed by atoms with E-state index in [9.17, 15) is 18.0 Å². The molecule has 0 aliphatic heterocycles. The van der Waals surface area contributed by atoms with Crippen molar-refractivity contribution in [2.45, 2.75) is 39.8 Å². The molecule has 0 fully saturated rings. The summed E-state index contributed by atoms with van der Waals surface area (Å²) in [6.45, 7) is 5.93. The third kappa shape index (κ3) is 8.43. The van der Waals surface area contributed by atoms with E-state index in [1.807, 2.05) is 20.8 Å². The summed E-state index contributed by atoms with van der Waals surface area (Å²) in [5, 5.41) is 3.44. The summed E-state index contributed by atoms with van der Waals surface area (Å²) in [6, 6.07) is 12.6. The van der Waals surface area contributed by atoms with E-state index in [0.717, 1.165) is 16.1 Å². The van der Waals surface area contributed by atoms with Gasteiger partial charge in [-0.1, -0.05) is 44.5 Å². The summed E-state index contributed by atoms with van der Waals surface area (Å²) in [5.74, 6) is 0.0324. The van der Waals surface area contributed by atoms with Crippen LogP contribution < -0.4 is 14.4 Å². The van der Waals surface area contributed by atoms with E-state index < -0.39 is 28.5 Å². The number of hydrogen-bond donors (Lipinski definition) is 1. The second kappa shape index (κ2) is 12.8. The summed E-state index contributed by atoms with van der Waals surface area (Å²) in [6.07, 6.45) is 1.41. The number of ether oxygens (including phenoxy) is 1. The van der Waals surface area contributed by atoms with Crippen LogP contribution in [0, 0.1) is 5.92 Å². The Morgan fingerprint density at radius 2 is 1.66 bits per heavy atom. The maximum Gasteiger partial charge on any atom is 0.244 e. The van der Waals surface area contributed by atoms with Gasteiger partial charge in [-0.3, -0.25) is 13.9 Å². The molecule has 2 amide bonds. The number of nitrogens with one attached hydrogen (secondary N) is 1. The van der Waals surface area contributed by atoms with Gasteiger partial charge in [-0.05, 0) is 54.3 Å². The van der Waals surface area contributed by atoms with Crippen molar-refractivity contribution in [1.82, 2.24) is 10.2 Å². The van der Waals surface area contributed by atoms with Crippen molar-refractivity contribution in [2.24, 2.45) is 5.92 Å². The topological polar surface area (TPSA) is 96.0 Å². The highest BCUT2D eigenvalue weighted by molar-refractivity contribution is 7.92. The minimum absolute atomic E-state index is 0.129. The monoisotopic (exact) mass is 523 g/mol. The van der Waals surface area contributed by atoms with Crippen LogP contribution in [0.2, 0.25) is 5.02 Å². The van der Waals surface area contributed by atoms with Gasteiger partial charge in [0.1, 0.15) is 18.3 Å². The number of carbonyl (C=O) groups is 2. The molecule has 35 heavy (non-hydrogen) atoms. The van der Waals surface area contributed by atoms with Crippen LogP contribution in [0.4, 0.5) is 5.69 Å². The Bertz CT molecular complexity index is 1090. The van der Waals surface area contributed by atoms with Crippen LogP contribution in [0.3, 0.4) is 0 Å². The molecular formula is C25H34ClN3O5S. The number of anilines is 1. The largest absolute Gasteiger partial charge is 0.497 e. The fourth-order valence-electron chi connectivity index (χ4n) is 3.49. The lowest BCUT2D eigenvalue weighted by Crippen LogP contribution is -2.52. The van der Waals surface area contributed by atoms with Gasteiger partial charge in [0.25, 0.3) is 0 Å². The first-order valence-electron chi connectivity index (χ1n) is 11.4. The average Bonchev–Trinajstić information content (AvgIpc) is 2.81. The lowest BCUT2D eigenvalue weighted by molar-refractivity contribution is -0.140. The summed E-state index contributed by atoms with van der Waals surface area (Å²) >= 11 is 6.00. The molecule has 8 nitrogen and oxygen atoms in total. The Labute approximate surface area is 213 Å². The SMILES string of the molecule is CC[C@H](C(=O)NCC(C)C)N(Cc1ccc(Cl)cc1)C(=O)CN(c1ccc(OC)cc1)S(C)(=O)=O. The molecule has 0 bridgehead atoms. The number of rotatable bonds is 12. The lowest BCUT2D eigenvalue weighted by atomic mass is 10.1. The van der Waals surface area contributed by atoms with Crippen LogP contribution in [0.15, 0.2) is 48.5 Å². The third-order valence-corrected chi connectivity index (χ3v) is 6.77. The number of amides is 2. The molecule has 192 valence electrons. The minimum Gasteiger partial charge on any atom is -0.497 e. The highest BCUT2D eigenvalue weighted by Gasteiger charge is 2.31. The van der Waals surface area contributed by atoms with E-state index in [1.165, 1.54) is 12.0 Å². The second-order valence-corrected chi connectivity index (χ2v) is 11.0. The Morgan fingerprint density at radius 3 is 2.14 bits per heavy atom. The fraction of sp³-hybridized carbons (Fsp3) is 0.440. The zero-order chi connectivity index (χ0) is 26.2. The van der Waals surface area contributed by atoms with Crippen molar-refractivity contribution in [3.05, 3.63) is 59.1 Å². The Morgan fingerprint density at radius 1 is 1.06 bits per heavy atom. The zero-order valence-electron chi connectivity index (χ0n) is 20.8. The molecule has 0 aliphatic rings. The number of carbonyl (C=O) groups excluding carboxylic acids is 2. The smallest absolute Gasteiger partial charge is 0.244 e. The molecular weight excluding hydrogens is 490 g/mol.